The number of carbonyl (C=O) groups is 1. The average Bonchev–Trinajstić information content (AvgIpc) is 2.92. The topological polar surface area (TPSA) is 53.0 Å². The zero-order valence-electron chi connectivity index (χ0n) is 13.6. The highest BCUT2D eigenvalue weighted by Crippen LogP contribution is 2.32. The Bertz CT molecular complexity index is 580. The van der Waals surface area contributed by atoms with E-state index in [0.717, 1.165) is 0 Å². The molecule has 5 nitrogen and oxygen atoms in total. The fourth-order valence-electron chi connectivity index (χ4n) is 2.90. The predicted molar refractivity (Wildman–Crippen MR) is 83.1 cm³/mol. The van der Waals surface area contributed by atoms with Crippen molar-refractivity contribution in [2.45, 2.75) is 31.7 Å². The third kappa shape index (κ3) is 3.81. The second-order valence-electron chi connectivity index (χ2n) is 5.61. The van der Waals surface area contributed by atoms with Crippen molar-refractivity contribution in [1.29, 1.82) is 0 Å². The molecule has 1 saturated heterocycles. The van der Waals surface area contributed by atoms with Crippen molar-refractivity contribution in [3.05, 3.63) is 24.3 Å². The van der Waals surface area contributed by atoms with Gasteiger partial charge in [-0.05, 0) is 25.1 Å². The molecule has 1 heterocycles. The lowest BCUT2D eigenvalue weighted by molar-refractivity contribution is -0.209. The molecular weight excluding hydrogens is 325 g/mol. The van der Waals surface area contributed by atoms with Crippen LogP contribution in [-0.2, 0) is 4.79 Å². The number of carbonyl (C=O) groups excluding carboxylic acids is 1. The summed E-state index contributed by atoms with van der Waals surface area (Å²) < 4.78 is 43.0. The Kier molecular flexibility index (Phi) is 5.71. The molecule has 0 aliphatic carbocycles. The van der Waals surface area contributed by atoms with E-state index in [1.165, 1.54) is 16.9 Å². The number of amides is 1. The lowest BCUT2D eigenvalue weighted by Crippen LogP contribution is -2.48. The summed E-state index contributed by atoms with van der Waals surface area (Å²) in [5.41, 5.74) is 0.597. The molecule has 1 fully saturated rings. The molecule has 0 saturated carbocycles. The summed E-state index contributed by atoms with van der Waals surface area (Å²) in [4.78, 5) is 15.6. The van der Waals surface area contributed by atoms with Gasteiger partial charge < -0.3 is 14.7 Å². The molecule has 0 spiro atoms. The van der Waals surface area contributed by atoms with Gasteiger partial charge in [-0.1, -0.05) is 19.1 Å². The highest BCUT2D eigenvalue weighted by molar-refractivity contribution is 6.00. The van der Waals surface area contributed by atoms with Gasteiger partial charge in [0.25, 0.3) is 0 Å². The first-order valence-electron chi connectivity index (χ1n) is 7.72. The minimum Gasteiger partial charge on any atom is -0.495 e. The van der Waals surface area contributed by atoms with Gasteiger partial charge in [0.05, 0.1) is 18.8 Å². The fraction of sp³-hybridized carbons (Fsp3) is 0.562. The molecular formula is C16H21F3N2O3. The number of hydrogen-bond acceptors (Lipinski definition) is 4. The normalized spacial score (nSPS) is 19.9. The van der Waals surface area contributed by atoms with Crippen LogP contribution in [0.15, 0.2) is 24.3 Å². The summed E-state index contributed by atoms with van der Waals surface area (Å²) in [5, 5.41) is 9.29. The van der Waals surface area contributed by atoms with Gasteiger partial charge in [-0.2, -0.15) is 13.2 Å². The molecule has 1 amide bonds. The number of benzene rings is 1. The predicted octanol–water partition coefficient (Wildman–Crippen LogP) is 2.05. The quantitative estimate of drug-likeness (QED) is 0.857. The highest BCUT2D eigenvalue weighted by atomic mass is 19.4. The number of aliphatic hydroxyl groups excluding tert-OH is 1. The molecule has 134 valence electrons. The number of halogens is 3. The van der Waals surface area contributed by atoms with Crippen molar-refractivity contribution >= 4 is 11.6 Å². The first kappa shape index (κ1) is 18.5. The van der Waals surface area contributed by atoms with E-state index in [4.69, 9.17) is 4.74 Å². The van der Waals surface area contributed by atoms with E-state index in [2.05, 4.69) is 0 Å². The summed E-state index contributed by atoms with van der Waals surface area (Å²) in [6.07, 6.45) is -6.77. The number of anilines is 1. The average molecular weight is 346 g/mol. The number of para-hydroxylation sites is 2. The Labute approximate surface area is 138 Å². The van der Waals surface area contributed by atoms with Gasteiger partial charge in [-0.3, -0.25) is 9.69 Å². The van der Waals surface area contributed by atoms with Crippen LogP contribution in [0.3, 0.4) is 0 Å². The van der Waals surface area contributed by atoms with E-state index in [1.807, 2.05) is 0 Å². The molecule has 0 radical (unpaired) electrons. The molecule has 1 aromatic rings. The summed E-state index contributed by atoms with van der Waals surface area (Å²) in [6, 6.07) is 6.32. The van der Waals surface area contributed by atoms with Gasteiger partial charge in [0.15, 0.2) is 6.10 Å². The largest absolute Gasteiger partial charge is 0.495 e. The minimum atomic E-state index is -4.70. The maximum Gasteiger partial charge on any atom is 0.415 e. The standard InChI is InChI=1S/C16H21F3N2O3/c1-3-20(10-14(22)16(17,18)19)12-8-9-21(15(12)23)11-6-4-5-7-13(11)24-2/h4-7,12,14,22H,3,8-10H2,1-2H3/t12-,14-/m1/s1. The van der Waals surface area contributed by atoms with Gasteiger partial charge in [0.1, 0.15) is 5.75 Å². The van der Waals surface area contributed by atoms with Crippen LogP contribution in [0.5, 0.6) is 5.75 Å². The van der Waals surface area contributed by atoms with E-state index in [1.54, 1.807) is 31.2 Å². The highest BCUT2D eigenvalue weighted by Gasteiger charge is 2.43. The fourth-order valence-corrected chi connectivity index (χ4v) is 2.90. The summed E-state index contributed by atoms with van der Waals surface area (Å²) in [7, 11) is 1.49. The lowest BCUT2D eigenvalue weighted by Gasteiger charge is -2.29. The Morgan fingerprint density at radius 3 is 2.67 bits per heavy atom. The van der Waals surface area contributed by atoms with Crippen molar-refractivity contribution in [3.8, 4) is 5.75 Å². The summed E-state index contributed by atoms with van der Waals surface area (Å²) in [5.74, 6) is 0.251. The van der Waals surface area contributed by atoms with Gasteiger partial charge in [-0.15, -0.1) is 0 Å². The van der Waals surface area contributed by atoms with Gasteiger partial charge in [-0.25, -0.2) is 0 Å². The van der Waals surface area contributed by atoms with Gasteiger partial charge in [0, 0.05) is 13.1 Å². The molecule has 24 heavy (non-hydrogen) atoms. The number of aliphatic hydroxyl groups is 1. The molecule has 2 rings (SSSR count). The van der Waals surface area contributed by atoms with Crippen LogP contribution in [0.25, 0.3) is 0 Å². The van der Waals surface area contributed by atoms with E-state index < -0.39 is 24.9 Å². The number of ether oxygens (including phenoxy) is 1. The first-order chi connectivity index (χ1) is 11.3. The van der Waals surface area contributed by atoms with Crippen molar-refractivity contribution < 1.29 is 27.8 Å². The van der Waals surface area contributed by atoms with Crippen molar-refractivity contribution in [2.24, 2.45) is 0 Å². The molecule has 0 unspecified atom stereocenters. The smallest absolute Gasteiger partial charge is 0.415 e. The van der Waals surface area contributed by atoms with Crippen LogP contribution in [0.4, 0.5) is 18.9 Å². The number of rotatable bonds is 6. The van der Waals surface area contributed by atoms with Crippen LogP contribution in [0.1, 0.15) is 13.3 Å². The molecule has 1 aromatic carbocycles. The third-order valence-electron chi connectivity index (χ3n) is 4.19. The second-order valence-corrected chi connectivity index (χ2v) is 5.61. The third-order valence-corrected chi connectivity index (χ3v) is 4.19. The minimum absolute atomic E-state index is 0.239. The van der Waals surface area contributed by atoms with Crippen LogP contribution >= 0.6 is 0 Å². The van der Waals surface area contributed by atoms with E-state index in [0.29, 0.717) is 24.4 Å². The molecule has 1 aliphatic heterocycles. The van der Waals surface area contributed by atoms with E-state index in [-0.39, 0.29) is 12.5 Å². The number of nitrogens with zero attached hydrogens (tertiary/aromatic N) is 2. The van der Waals surface area contributed by atoms with Gasteiger partial charge >= 0.3 is 6.18 Å². The first-order valence-corrected chi connectivity index (χ1v) is 7.72. The second kappa shape index (κ2) is 7.40. The molecule has 1 aliphatic rings. The zero-order valence-corrected chi connectivity index (χ0v) is 13.6. The summed E-state index contributed by atoms with van der Waals surface area (Å²) in [6.45, 7) is 1.68. The van der Waals surface area contributed by atoms with Gasteiger partial charge in [0.2, 0.25) is 5.91 Å². The Morgan fingerprint density at radius 1 is 1.42 bits per heavy atom. The number of methoxy groups -OCH3 is 1. The van der Waals surface area contributed by atoms with Crippen LogP contribution < -0.4 is 9.64 Å². The van der Waals surface area contributed by atoms with E-state index in [9.17, 15) is 23.1 Å². The Hall–Kier alpha value is -1.80. The van der Waals surface area contributed by atoms with Crippen LogP contribution in [0.2, 0.25) is 0 Å². The summed E-state index contributed by atoms with van der Waals surface area (Å²) >= 11 is 0. The van der Waals surface area contributed by atoms with Crippen molar-refractivity contribution in [2.75, 3.05) is 31.6 Å². The molecule has 2 atom stereocenters. The van der Waals surface area contributed by atoms with Crippen LogP contribution in [0, 0.1) is 0 Å². The zero-order chi connectivity index (χ0) is 17.9. The SMILES string of the molecule is CCN(C[C@@H](O)C(F)(F)F)[C@@H]1CCN(c2ccccc2OC)C1=O. The number of likely N-dealkylation sites (N-methyl/N-ethyl adjacent to an activating group) is 1. The van der Waals surface area contributed by atoms with E-state index >= 15 is 0 Å². The van der Waals surface area contributed by atoms with Crippen LogP contribution in [-0.4, -0.2) is 61.0 Å². The Morgan fingerprint density at radius 2 is 2.08 bits per heavy atom. The Balaban J connectivity index is 2.15. The molecule has 1 N–H and O–H groups in total. The lowest BCUT2D eigenvalue weighted by atomic mass is 10.2. The van der Waals surface area contributed by atoms with Crippen molar-refractivity contribution in [3.63, 3.8) is 0 Å². The molecule has 0 bridgehead atoms. The maximum absolute atomic E-state index is 12.7. The molecule has 0 aromatic heterocycles. The number of hydrogen-bond donors (Lipinski definition) is 1. The maximum atomic E-state index is 12.7. The number of alkyl halides is 3. The van der Waals surface area contributed by atoms with Crippen molar-refractivity contribution in [1.82, 2.24) is 4.90 Å². The molecule has 8 heteroatoms. The monoisotopic (exact) mass is 346 g/mol.